The molecule has 0 saturated heterocycles. The van der Waals surface area contributed by atoms with Gasteiger partial charge in [0.25, 0.3) is 0 Å². The van der Waals surface area contributed by atoms with Crippen LogP contribution >= 0.6 is 23.2 Å². The number of hydrogen-bond acceptors (Lipinski definition) is 1. The number of carbonyl (C=O) groups is 1. The number of aldehydes is 1. The molecule has 0 aliphatic rings. The third kappa shape index (κ3) is 2.83. The van der Waals surface area contributed by atoms with Crippen molar-refractivity contribution in [2.75, 3.05) is 6.67 Å². The minimum atomic E-state index is -1.82. The Morgan fingerprint density at radius 1 is 1.71 bits per heavy atom. The third-order valence-corrected chi connectivity index (χ3v) is 0.731. The SMILES string of the molecule is O=CC(Cl)(Cl)CF. The molecule has 0 unspecified atom stereocenters. The van der Waals surface area contributed by atoms with Crippen molar-refractivity contribution < 1.29 is 9.18 Å². The number of alkyl halides is 3. The Bertz CT molecular complexity index is 73.3. The van der Waals surface area contributed by atoms with Crippen LogP contribution in [0.5, 0.6) is 0 Å². The molecule has 0 spiro atoms. The van der Waals surface area contributed by atoms with Crippen molar-refractivity contribution in [3.8, 4) is 0 Å². The average Bonchev–Trinajstić information content (AvgIpc) is 1.68. The predicted octanol–water partition coefficient (Wildman–Crippen LogP) is 1.33. The molecule has 0 aromatic heterocycles. The summed E-state index contributed by atoms with van der Waals surface area (Å²) in [7, 11) is 0. The maximum atomic E-state index is 11.3. The maximum Gasteiger partial charge on any atom is 0.200 e. The van der Waals surface area contributed by atoms with Crippen LogP contribution in [0, 0.1) is 0 Å². The summed E-state index contributed by atoms with van der Waals surface area (Å²) in [5.41, 5.74) is 0. The minimum Gasteiger partial charge on any atom is -0.300 e. The minimum absolute atomic E-state index is 0.149. The molecule has 0 heterocycles. The zero-order valence-corrected chi connectivity index (χ0v) is 4.84. The van der Waals surface area contributed by atoms with Gasteiger partial charge in [-0.05, 0) is 0 Å². The lowest BCUT2D eigenvalue weighted by Crippen LogP contribution is -2.16. The van der Waals surface area contributed by atoms with Gasteiger partial charge in [-0.25, -0.2) is 4.39 Å². The van der Waals surface area contributed by atoms with E-state index in [1.54, 1.807) is 0 Å². The van der Waals surface area contributed by atoms with Crippen LogP contribution in [0.15, 0.2) is 0 Å². The Kier molecular flexibility index (Phi) is 2.54. The molecule has 0 N–H and O–H groups in total. The highest BCUT2D eigenvalue weighted by molar-refractivity contribution is 6.55. The van der Waals surface area contributed by atoms with Crippen LogP contribution < -0.4 is 0 Å². The number of rotatable bonds is 2. The summed E-state index contributed by atoms with van der Waals surface area (Å²) in [6.07, 6.45) is 0.149. The smallest absolute Gasteiger partial charge is 0.200 e. The first-order valence-electron chi connectivity index (χ1n) is 1.52. The van der Waals surface area contributed by atoms with Crippen LogP contribution in [0.4, 0.5) is 4.39 Å². The fourth-order valence-electron chi connectivity index (χ4n) is 0.0315. The van der Waals surface area contributed by atoms with Gasteiger partial charge >= 0.3 is 0 Å². The monoisotopic (exact) mass is 144 g/mol. The molecule has 0 bridgehead atoms. The fraction of sp³-hybridized carbons (Fsp3) is 0.667. The van der Waals surface area contributed by atoms with E-state index in [1.807, 2.05) is 0 Å². The van der Waals surface area contributed by atoms with E-state index in [0.717, 1.165) is 0 Å². The molecule has 0 aromatic rings. The Morgan fingerprint density at radius 3 is 2.14 bits per heavy atom. The Hall–Kier alpha value is 0.180. The summed E-state index contributed by atoms with van der Waals surface area (Å²) in [5, 5.41) is 0. The summed E-state index contributed by atoms with van der Waals surface area (Å²) in [6, 6.07) is 0. The highest BCUT2D eigenvalue weighted by Gasteiger charge is 2.21. The summed E-state index contributed by atoms with van der Waals surface area (Å²) < 4.78 is 9.46. The highest BCUT2D eigenvalue weighted by atomic mass is 35.5. The van der Waals surface area contributed by atoms with Crippen molar-refractivity contribution in [3.05, 3.63) is 0 Å². The second-order valence-corrected chi connectivity index (χ2v) is 2.55. The van der Waals surface area contributed by atoms with Gasteiger partial charge in [0.1, 0.15) is 6.67 Å². The molecule has 1 nitrogen and oxygen atoms in total. The Balaban J connectivity index is 3.58. The van der Waals surface area contributed by atoms with E-state index in [-0.39, 0.29) is 6.29 Å². The lowest BCUT2D eigenvalue weighted by molar-refractivity contribution is -0.108. The van der Waals surface area contributed by atoms with E-state index in [9.17, 15) is 9.18 Å². The molecular formula is C3H3Cl2FO. The van der Waals surface area contributed by atoms with Gasteiger partial charge in [-0.1, -0.05) is 23.2 Å². The van der Waals surface area contributed by atoms with Crippen LogP contribution in [0.1, 0.15) is 0 Å². The second kappa shape index (κ2) is 2.48. The zero-order valence-electron chi connectivity index (χ0n) is 3.33. The lowest BCUT2D eigenvalue weighted by atomic mass is 10.5. The topological polar surface area (TPSA) is 17.1 Å². The molecule has 0 fully saturated rings. The summed E-state index contributed by atoms with van der Waals surface area (Å²) in [6.45, 7) is -1.04. The van der Waals surface area contributed by atoms with E-state index in [1.165, 1.54) is 0 Å². The van der Waals surface area contributed by atoms with E-state index < -0.39 is 11.0 Å². The van der Waals surface area contributed by atoms with Crippen LogP contribution in [-0.2, 0) is 4.79 Å². The summed E-state index contributed by atoms with van der Waals surface area (Å²) in [5.74, 6) is 0. The van der Waals surface area contributed by atoms with Gasteiger partial charge in [0.2, 0.25) is 4.33 Å². The first-order chi connectivity index (χ1) is 3.12. The molecule has 0 atom stereocenters. The van der Waals surface area contributed by atoms with Gasteiger partial charge in [-0.3, -0.25) is 4.79 Å². The molecule has 42 valence electrons. The molecule has 0 amide bonds. The first-order valence-corrected chi connectivity index (χ1v) is 2.28. The van der Waals surface area contributed by atoms with Crippen molar-refractivity contribution in [2.24, 2.45) is 0 Å². The average molecular weight is 145 g/mol. The van der Waals surface area contributed by atoms with Gasteiger partial charge in [0.15, 0.2) is 6.29 Å². The van der Waals surface area contributed by atoms with Crippen molar-refractivity contribution >= 4 is 29.5 Å². The van der Waals surface area contributed by atoms with Gasteiger partial charge in [-0.2, -0.15) is 0 Å². The van der Waals surface area contributed by atoms with Crippen LogP contribution in [0.3, 0.4) is 0 Å². The molecular weight excluding hydrogens is 142 g/mol. The lowest BCUT2D eigenvalue weighted by Gasteiger charge is -2.01. The normalized spacial score (nSPS) is 11.3. The zero-order chi connectivity index (χ0) is 5.91. The van der Waals surface area contributed by atoms with Gasteiger partial charge in [0, 0.05) is 0 Å². The fourth-order valence-corrected chi connectivity index (χ4v) is 0.0315. The number of hydrogen-bond donors (Lipinski definition) is 0. The van der Waals surface area contributed by atoms with Gasteiger partial charge in [-0.15, -0.1) is 0 Å². The van der Waals surface area contributed by atoms with E-state index in [2.05, 4.69) is 0 Å². The molecule has 7 heavy (non-hydrogen) atoms. The molecule has 0 radical (unpaired) electrons. The van der Waals surface area contributed by atoms with E-state index in [0.29, 0.717) is 0 Å². The largest absolute Gasteiger partial charge is 0.300 e. The van der Waals surface area contributed by atoms with Gasteiger partial charge in [0.05, 0.1) is 0 Å². The molecule has 0 rings (SSSR count). The first kappa shape index (κ1) is 7.18. The standard InChI is InChI=1S/C3H3Cl2FO/c4-3(5,1-6)2-7/h2H,1H2. The van der Waals surface area contributed by atoms with Crippen LogP contribution in [0.2, 0.25) is 0 Å². The maximum absolute atomic E-state index is 11.3. The summed E-state index contributed by atoms with van der Waals surface area (Å²) >= 11 is 9.85. The molecule has 4 heteroatoms. The van der Waals surface area contributed by atoms with Crippen molar-refractivity contribution in [2.45, 2.75) is 4.33 Å². The van der Waals surface area contributed by atoms with Crippen molar-refractivity contribution in [1.29, 1.82) is 0 Å². The molecule has 0 saturated carbocycles. The van der Waals surface area contributed by atoms with E-state index in [4.69, 9.17) is 23.2 Å². The van der Waals surface area contributed by atoms with Crippen molar-refractivity contribution in [3.63, 3.8) is 0 Å². The predicted molar refractivity (Wildman–Crippen MR) is 26.5 cm³/mol. The molecule has 0 aliphatic carbocycles. The van der Waals surface area contributed by atoms with Crippen LogP contribution in [0.25, 0.3) is 0 Å². The third-order valence-electron chi connectivity index (χ3n) is 0.351. The van der Waals surface area contributed by atoms with E-state index >= 15 is 0 Å². The van der Waals surface area contributed by atoms with Gasteiger partial charge < -0.3 is 0 Å². The Morgan fingerprint density at radius 2 is 2.14 bits per heavy atom. The Labute approximate surface area is 50.4 Å². The number of halogens is 3. The highest BCUT2D eigenvalue weighted by Crippen LogP contribution is 2.16. The number of carbonyl (C=O) groups excluding carboxylic acids is 1. The molecule has 0 aliphatic heterocycles. The van der Waals surface area contributed by atoms with Crippen molar-refractivity contribution in [1.82, 2.24) is 0 Å². The quantitative estimate of drug-likeness (QED) is 0.423. The van der Waals surface area contributed by atoms with Crippen LogP contribution in [-0.4, -0.2) is 17.3 Å². The second-order valence-electron chi connectivity index (χ2n) is 1.01. The molecule has 0 aromatic carbocycles. The summed E-state index contributed by atoms with van der Waals surface area (Å²) in [4.78, 5) is 9.55.